The Kier molecular flexibility index (Phi) is 9.37. The van der Waals surface area contributed by atoms with Crippen LogP contribution in [-0.2, 0) is 41.3 Å². The first-order valence-electron chi connectivity index (χ1n) is 10.5. The van der Waals surface area contributed by atoms with E-state index in [4.69, 9.17) is 9.47 Å². The van der Waals surface area contributed by atoms with E-state index in [9.17, 15) is 23.1 Å². The van der Waals surface area contributed by atoms with Crippen molar-refractivity contribution < 1.29 is 32.6 Å². The highest BCUT2D eigenvalue weighted by Gasteiger charge is 2.25. The Hall–Kier alpha value is -2.97. The largest absolute Gasteiger partial charge is 0.462 e. The summed E-state index contributed by atoms with van der Waals surface area (Å²) in [5.74, 6) is -1.96. The Morgan fingerprint density at radius 2 is 1.64 bits per heavy atom. The first-order valence-corrected chi connectivity index (χ1v) is 12.3. The molecule has 0 aliphatic heterocycles. The molecular weight excluding hydrogens is 444 g/mol. The van der Waals surface area contributed by atoms with Crippen LogP contribution in [0, 0.1) is 5.41 Å². The maximum absolute atomic E-state index is 12.6. The number of sulfone groups is 1. The van der Waals surface area contributed by atoms with Gasteiger partial charge in [0.15, 0.2) is 9.84 Å². The van der Waals surface area contributed by atoms with Gasteiger partial charge in [-0.3, -0.25) is 4.79 Å². The predicted molar refractivity (Wildman–Crippen MR) is 126 cm³/mol. The number of carbonyl (C=O) groups is 2. The zero-order valence-corrected chi connectivity index (χ0v) is 19.9. The molecule has 0 aliphatic carbocycles. The molecule has 2 aromatic rings. The Balaban J connectivity index is 1.96. The summed E-state index contributed by atoms with van der Waals surface area (Å²) in [6.07, 6.45) is 1.41. The fourth-order valence-corrected chi connectivity index (χ4v) is 4.33. The summed E-state index contributed by atoms with van der Waals surface area (Å²) in [5.41, 5.74) is 1.14. The van der Waals surface area contributed by atoms with E-state index in [1.165, 1.54) is 12.2 Å². The second-order valence-electron chi connectivity index (χ2n) is 8.68. The molecule has 1 N–H and O–H groups in total. The predicted octanol–water partition coefficient (Wildman–Crippen LogP) is 3.31. The van der Waals surface area contributed by atoms with Crippen LogP contribution >= 0.6 is 0 Å². The minimum absolute atomic E-state index is 0.137. The number of carbonyl (C=O) groups excluding carboxylic acids is 2. The molecule has 0 bridgehead atoms. The number of hydrogen-bond acceptors (Lipinski definition) is 7. The van der Waals surface area contributed by atoms with Crippen molar-refractivity contribution >= 4 is 27.9 Å². The summed E-state index contributed by atoms with van der Waals surface area (Å²) < 4.78 is 35.4. The Labute approximate surface area is 195 Å². The van der Waals surface area contributed by atoms with Gasteiger partial charge in [-0.25, -0.2) is 13.2 Å². The van der Waals surface area contributed by atoms with Gasteiger partial charge in [0.2, 0.25) is 0 Å². The minimum Gasteiger partial charge on any atom is -0.462 e. The Bertz CT molecular complexity index is 1070. The smallest absolute Gasteiger partial charge is 0.331 e. The lowest BCUT2D eigenvalue weighted by Crippen LogP contribution is -2.31. The van der Waals surface area contributed by atoms with E-state index in [0.29, 0.717) is 11.1 Å². The van der Waals surface area contributed by atoms with Gasteiger partial charge in [0.25, 0.3) is 0 Å². The van der Waals surface area contributed by atoms with Crippen molar-refractivity contribution in [2.24, 2.45) is 5.41 Å². The van der Waals surface area contributed by atoms with Crippen molar-refractivity contribution in [1.29, 1.82) is 0 Å². The molecule has 0 heterocycles. The van der Waals surface area contributed by atoms with Crippen molar-refractivity contribution in [1.82, 2.24) is 0 Å². The molecule has 0 aliphatic rings. The van der Waals surface area contributed by atoms with Crippen LogP contribution in [0.4, 0.5) is 0 Å². The zero-order valence-electron chi connectivity index (χ0n) is 19.1. The molecule has 178 valence electrons. The number of benzene rings is 2. The standard InChI is InChI=1S/C25H30O7S/c1-25(2,3)24(28)32-16-22(26)18-33(29,30)17-21-12-8-7-11-20(21)13-14-23(27)31-15-19-9-5-4-6-10-19/h4-14,22,26H,15-18H2,1-3H3/b14-13+. The van der Waals surface area contributed by atoms with E-state index >= 15 is 0 Å². The first kappa shape index (κ1) is 26.3. The molecular formula is C25H30O7S. The first-order chi connectivity index (χ1) is 15.5. The lowest BCUT2D eigenvalue weighted by atomic mass is 9.97. The molecule has 0 saturated carbocycles. The van der Waals surface area contributed by atoms with E-state index in [-0.39, 0.29) is 12.4 Å². The summed E-state index contributed by atoms with van der Waals surface area (Å²) in [7, 11) is -3.72. The second-order valence-corrected chi connectivity index (χ2v) is 10.8. The molecule has 0 aromatic heterocycles. The van der Waals surface area contributed by atoms with Crippen LogP contribution in [0.15, 0.2) is 60.7 Å². The van der Waals surface area contributed by atoms with Gasteiger partial charge >= 0.3 is 11.9 Å². The second kappa shape index (κ2) is 11.8. The van der Waals surface area contributed by atoms with Crippen molar-refractivity contribution in [2.75, 3.05) is 12.4 Å². The summed E-state index contributed by atoms with van der Waals surface area (Å²) in [6.45, 7) is 4.74. The Morgan fingerprint density at radius 1 is 1.00 bits per heavy atom. The number of aliphatic hydroxyl groups is 1. The van der Waals surface area contributed by atoms with Gasteiger partial charge in [-0.1, -0.05) is 54.6 Å². The maximum atomic E-state index is 12.6. The van der Waals surface area contributed by atoms with E-state index in [2.05, 4.69) is 0 Å². The SMILES string of the molecule is CC(C)(C)C(=O)OCC(O)CS(=O)(=O)Cc1ccccc1/C=C/C(=O)OCc1ccccc1. The van der Waals surface area contributed by atoms with Gasteiger partial charge in [0, 0.05) is 6.08 Å². The van der Waals surface area contributed by atoms with Gasteiger partial charge < -0.3 is 14.6 Å². The fourth-order valence-electron chi connectivity index (χ4n) is 2.79. The third-order valence-corrected chi connectivity index (χ3v) is 6.16. The normalized spacial score (nSPS) is 13.0. The minimum atomic E-state index is -3.72. The lowest BCUT2D eigenvalue weighted by molar-refractivity contribution is -0.155. The van der Waals surface area contributed by atoms with Gasteiger partial charge in [0.1, 0.15) is 19.3 Å². The topological polar surface area (TPSA) is 107 Å². The highest BCUT2D eigenvalue weighted by atomic mass is 32.2. The monoisotopic (exact) mass is 474 g/mol. The van der Waals surface area contributed by atoms with Crippen LogP contribution in [-0.4, -0.2) is 43.9 Å². The van der Waals surface area contributed by atoms with Crippen LogP contribution in [0.5, 0.6) is 0 Å². The number of esters is 2. The summed E-state index contributed by atoms with van der Waals surface area (Å²) >= 11 is 0. The van der Waals surface area contributed by atoms with Crippen LogP contribution < -0.4 is 0 Å². The van der Waals surface area contributed by atoms with E-state index < -0.39 is 45.7 Å². The van der Waals surface area contributed by atoms with Gasteiger partial charge in [0.05, 0.1) is 16.9 Å². The average molecular weight is 475 g/mol. The van der Waals surface area contributed by atoms with Crippen molar-refractivity contribution in [3.8, 4) is 0 Å². The summed E-state index contributed by atoms with van der Waals surface area (Å²) in [4.78, 5) is 23.8. The van der Waals surface area contributed by atoms with Crippen molar-refractivity contribution in [3.05, 3.63) is 77.4 Å². The third-order valence-electron chi connectivity index (χ3n) is 4.52. The van der Waals surface area contributed by atoms with Gasteiger partial charge in [-0.15, -0.1) is 0 Å². The molecule has 7 nitrogen and oxygen atoms in total. The van der Waals surface area contributed by atoms with Crippen molar-refractivity contribution in [2.45, 2.75) is 39.2 Å². The molecule has 1 atom stereocenters. The third kappa shape index (κ3) is 9.59. The highest BCUT2D eigenvalue weighted by molar-refractivity contribution is 7.90. The molecule has 2 aromatic carbocycles. The zero-order chi connectivity index (χ0) is 24.5. The van der Waals surface area contributed by atoms with E-state index in [1.807, 2.05) is 30.3 Å². The molecule has 0 fully saturated rings. The molecule has 0 amide bonds. The van der Waals surface area contributed by atoms with Crippen LogP contribution in [0.2, 0.25) is 0 Å². The molecule has 33 heavy (non-hydrogen) atoms. The molecule has 0 radical (unpaired) electrons. The van der Waals surface area contributed by atoms with E-state index in [1.54, 1.807) is 45.0 Å². The van der Waals surface area contributed by atoms with Crippen LogP contribution in [0.1, 0.15) is 37.5 Å². The van der Waals surface area contributed by atoms with Crippen molar-refractivity contribution in [3.63, 3.8) is 0 Å². The molecule has 2 rings (SSSR count). The molecule has 0 saturated heterocycles. The Morgan fingerprint density at radius 3 is 2.30 bits per heavy atom. The molecule has 0 spiro atoms. The highest BCUT2D eigenvalue weighted by Crippen LogP contribution is 2.17. The molecule has 8 heteroatoms. The number of hydrogen-bond donors (Lipinski definition) is 1. The maximum Gasteiger partial charge on any atom is 0.331 e. The average Bonchev–Trinajstić information content (AvgIpc) is 2.74. The lowest BCUT2D eigenvalue weighted by Gasteiger charge is -2.18. The van der Waals surface area contributed by atoms with Crippen LogP contribution in [0.3, 0.4) is 0 Å². The summed E-state index contributed by atoms with van der Waals surface area (Å²) in [6, 6.07) is 16.0. The van der Waals surface area contributed by atoms with Gasteiger partial charge in [-0.05, 0) is 43.5 Å². The molecule has 1 unspecified atom stereocenters. The quantitative estimate of drug-likeness (QED) is 0.416. The number of ether oxygens (including phenoxy) is 2. The number of rotatable bonds is 10. The number of aliphatic hydroxyl groups excluding tert-OH is 1. The van der Waals surface area contributed by atoms with E-state index in [0.717, 1.165) is 5.56 Å². The van der Waals surface area contributed by atoms with Gasteiger partial charge in [-0.2, -0.15) is 0 Å². The fraction of sp³-hybridized carbons (Fsp3) is 0.360. The van der Waals surface area contributed by atoms with Crippen LogP contribution in [0.25, 0.3) is 6.08 Å². The summed E-state index contributed by atoms with van der Waals surface area (Å²) in [5, 5.41) is 10.0.